The lowest BCUT2D eigenvalue weighted by Crippen LogP contribution is -2.29. The van der Waals surface area contributed by atoms with Crippen LogP contribution in [0.3, 0.4) is 0 Å². The molecule has 1 aromatic carbocycles. The molecule has 0 heterocycles. The summed E-state index contributed by atoms with van der Waals surface area (Å²) in [5, 5.41) is 3.40. The van der Waals surface area contributed by atoms with Gasteiger partial charge in [0.2, 0.25) is 0 Å². The highest BCUT2D eigenvalue weighted by atomic mass is 19.1. The Hall–Kier alpha value is -0.930. The van der Waals surface area contributed by atoms with Crippen molar-refractivity contribution in [2.75, 3.05) is 13.1 Å². The molecule has 0 aliphatic heterocycles. The van der Waals surface area contributed by atoms with Crippen LogP contribution >= 0.6 is 0 Å². The Morgan fingerprint density at radius 1 is 1.44 bits per heavy atom. The van der Waals surface area contributed by atoms with E-state index in [2.05, 4.69) is 5.32 Å². The summed E-state index contributed by atoms with van der Waals surface area (Å²) in [4.78, 5) is 0. The van der Waals surface area contributed by atoms with Crippen molar-refractivity contribution >= 4 is 0 Å². The normalized spacial score (nSPS) is 17.4. The van der Waals surface area contributed by atoms with Crippen molar-refractivity contribution in [1.82, 2.24) is 5.32 Å². The van der Waals surface area contributed by atoms with E-state index in [4.69, 9.17) is 5.73 Å². The molecule has 2 nitrogen and oxygen atoms in total. The maximum absolute atomic E-state index is 13.0. The fourth-order valence-corrected chi connectivity index (χ4v) is 1.92. The molecule has 16 heavy (non-hydrogen) atoms. The molecule has 0 spiro atoms. The molecule has 0 radical (unpaired) electrons. The number of nitrogens with two attached hydrogens (primary N) is 1. The second kappa shape index (κ2) is 4.52. The molecule has 0 atom stereocenters. The first kappa shape index (κ1) is 11.6. The van der Waals surface area contributed by atoms with Gasteiger partial charge in [-0.05, 0) is 48.9 Å². The predicted molar refractivity (Wildman–Crippen MR) is 63.6 cm³/mol. The summed E-state index contributed by atoms with van der Waals surface area (Å²) in [6, 6.07) is 5.25. The lowest BCUT2D eigenvalue weighted by molar-refractivity contribution is 0.467. The summed E-state index contributed by atoms with van der Waals surface area (Å²) in [5.41, 5.74) is 7.90. The minimum Gasteiger partial charge on any atom is -0.330 e. The van der Waals surface area contributed by atoms with Gasteiger partial charge >= 0.3 is 0 Å². The van der Waals surface area contributed by atoms with Gasteiger partial charge in [0.1, 0.15) is 5.82 Å². The first-order valence-corrected chi connectivity index (χ1v) is 5.81. The van der Waals surface area contributed by atoms with E-state index in [-0.39, 0.29) is 5.82 Å². The van der Waals surface area contributed by atoms with Gasteiger partial charge in [-0.15, -0.1) is 0 Å². The summed E-state index contributed by atoms with van der Waals surface area (Å²) < 4.78 is 13.0. The summed E-state index contributed by atoms with van der Waals surface area (Å²) in [7, 11) is 0. The first-order chi connectivity index (χ1) is 7.65. The molecule has 1 fully saturated rings. The molecule has 1 aromatic rings. The summed E-state index contributed by atoms with van der Waals surface area (Å²) >= 11 is 0. The van der Waals surface area contributed by atoms with Gasteiger partial charge in [-0.25, -0.2) is 4.39 Å². The maximum atomic E-state index is 13.0. The molecule has 0 aromatic heterocycles. The van der Waals surface area contributed by atoms with Gasteiger partial charge in [0.25, 0.3) is 0 Å². The SMILES string of the molecule is Cc1cc(CNCC2(CN)CC2)ccc1F. The molecule has 0 unspecified atom stereocenters. The molecule has 1 aliphatic carbocycles. The summed E-state index contributed by atoms with van der Waals surface area (Å²) in [6.45, 7) is 4.33. The Labute approximate surface area is 96.0 Å². The predicted octanol–water partition coefficient (Wildman–Crippen LogP) is 1.96. The summed E-state index contributed by atoms with van der Waals surface area (Å²) in [5.74, 6) is -0.135. The number of benzene rings is 1. The number of halogens is 1. The smallest absolute Gasteiger partial charge is 0.126 e. The van der Waals surface area contributed by atoms with Gasteiger partial charge in [-0.2, -0.15) is 0 Å². The van der Waals surface area contributed by atoms with E-state index in [1.54, 1.807) is 6.92 Å². The van der Waals surface area contributed by atoms with E-state index in [1.165, 1.54) is 18.9 Å². The number of nitrogens with one attached hydrogen (secondary N) is 1. The van der Waals surface area contributed by atoms with Gasteiger partial charge in [0.05, 0.1) is 0 Å². The average molecular weight is 222 g/mol. The third kappa shape index (κ3) is 2.60. The Kier molecular flexibility index (Phi) is 3.26. The average Bonchev–Trinajstić information content (AvgIpc) is 3.04. The molecule has 0 saturated heterocycles. The summed E-state index contributed by atoms with van der Waals surface area (Å²) in [6.07, 6.45) is 2.47. The van der Waals surface area contributed by atoms with Crippen LogP contribution in [-0.2, 0) is 6.54 Å². The highest BCUT2D eigenvalue weighted by Gasteiger charge is 2.40. The Bertz CT molecular complexity index is 372. The maximum Gasteiger partial charge on any atom is 0.126 e. The first-order valence-electron chi connectivity index (χ1n) is 5.81. The van der Waals surface area contributed by atoms with Crippen LogP contribution in [0.2, 0.25) is 0 Å². The third-order valence-corrected chi connectivity index (χ3v) is 3.44. The lowest BCUT2D eigenvalue weighted by atomic mass is 10.1. The van der Waals surface area contributed by atoms with E-state index in [1.807, 2.05) is 12.1 Å². The van der Waals surface area contributed by atoms with Gasteiger partial charge < -0.3 is 11.1 Å². The molecule has 1 saturated carbocycles. The molecular weight excluding hydrogens is 203 g/mol. The largest absolute Gasteiger partial charge is 0.330 e. The molecule has 3 N–H and O–H groups in total. The van der Waals surface area contributed by atoms with Gasteiger partial charge in [0.15, 0.2) is 0 Å². The van der Waals surface area contributed by atoms with E-state index in [0.29, 0.717) is 11.0 Å². The van der Waals surface area contributed by atoms with E-state index >= 15 is 0 Å². The minimum atomic E-state index is -0.135. The zero-order valence-electron chi connectivity index (χ0n) is 9.72. The zero-order valence-corrected chi connectivity index (χ0v) is 9.72. The van der Waals surface area contributed by atoms with Gasteiger partial charge in [-0.1, -0.05) is 12.1 Å². The van der Waals surface area contributed by atoms with Crippen LogP contribution in [0.25, 0.3) is 0 Å². The Balaban J connectivity index is 1.83. The molecule has 0 bridgehead atoms. The second-order valence-corrected chi connectivity index (χ2v) is 4.89. The number of aryl methyl sites for hydroxylation is 1. The Morgan fingerprint density at radius 2 is 2.19 bits per heavy atom. The second-order valence-electron chi connectivity index (χ2n) is 4.89. The third-order valence-electron chi connectivity index (χ3n) is 3.44. The van der Waals surface area contributed by atoms with Crippen LogP contribution in [0.4, 0.5) is 4.39 Å². The standard InChI is InChI=1S/C13H19FN2/c1-10-6-11(2-3-12(10)14)7-16-9-13(8-15)4-5-13/h2-3,6,16H,4-5,7-9,15H2,1H3. The Morgan fingerprint density at radius 3 is 2.75 bits per heavy atom. The zero-order chi connectivity index (χ0) is 11.6. The van der Waals surface area contributed by atoms with Crippen LogP contribution in [0, 0.1) is 18.2 Å². The van der Waals surface area contributed by atoms with Gasteiger partial charge in [-0.3, -0.25) is 0 Å². The van der Waals surface area contributed by atoms with Crippen molar-refractivity contribution < 1.29 is 4.39 Å². The number of hydrogen-bond acceptors (Lipinski definition) is 2. The van der Waals surface area contributed by atoms with Crippen molar-refractivity contribution in [2.24, 2.45) is 11.1 Å². The van der Waals surface area contributed by atoms with Gasteiger partial charge in [0, 0.05) is 13.1 Å². The van der Waals surface area contributed by atoms with Crippen LogP contribution in [-0.4, -0.2) is 13.1 Å². The highest BCUT2D eigenvalue weighted by Crippen LogP contribution is 2.43. The van der Waals surface area contributed by atoms with Crippen molar-refractivity contribution in [3.8, 4) is 0 Å². The number of hydrogen-bond donors (Lipinski definition) is 2. The van der Waals surface area contributed by atoms with Crippen molar-refractivity contribution in [2.45, 2.75) is 26.3 Å². The van der Waals surface area contributed by atoms with Crippen LogP contribution in [0.15, 0.2) is 18.2 Å². The topological polar surface area (TPSA) is 38.0 Å². The van der Waals surface area contributed by atoms with E-state index in [9.17, 15) is 4.39 Å². The molecule has 1 aliphatic rings. The fourth-order valence-electron chi connectivity index (χ4n) is 1.92. The number of rotatable bonds is 5. The van der Waals surface area contributed by atoms with Crippen molar-refractivity contribution in [1.29, 1.82) is 0 Å². The molecule has 0 amide bonds. The monoisotopic (exact) mass is 222 g/mol. The fraction of sp³-hybridized carbons (Fsp3) is 0.538. The van der Waals surface area contributed by atoms with Crippen LogP contribution in [0.5, 0.6) is 0 Å². The van der Waals surface area contributed by atoms with Crippen LogP contribution < -0.4 is 11.1 Å². The minimum absolute atomic E-state index is 0.135. The molecule has 3 heteroatoms. The quantitative estimate of drug-likeness (QED) is 0.799. The van der Waals surface area contributed by atoms with E-state index in [0.717, 1.165) is 25.2 Å². The van der Waals surface area contributed by atoms with Crippen LogP contribution in [0.1, 0.15) is 24.0 Å². The van der Waals surface area contributed by atoms with Crippen molar-refractivity contribution in [3.63, 3.8) is 0 Å². The molecule has 88 valence electrons. The highest BCUT2D eigenvalue weighted by molar-refractivity contribution is 5.23. The van der Waals surface area contributed by atoms with E-state index < -0.39 is 0 Å². The molecular formula is C13H19FN2. The molecule has 2 rings (SSSR count). The lowest BCUT2D eigenvalue weighted by Gasteiger charge is -2.13. The van der Waals surface area contributed by atoms with Crippen molar-refractivity contribution in [3.05, 3.63) is 35.1 Å².